The summed E-state index contributed by atoms with van der Waals surface area (Å²) < 4.78 is 0. The molecule has 110 valence electrons. The van der Waals surface area contributed by atoms with E-state index in [-0.39, 0.29) is 0 Å². The maximum atomic E-state index is 6.42. The van der Waals surface area contributed by atoms with Gasteiger partial charge in [-0.1, -0.05) is 48.0 Å². The molecule has 3 heteroatoms. The molecule has 1 aliphatic rings. The molecule has 0 saturated heterocycles. The SMILES string of the molecule is Cc1ccccc1CSc1c(Cl)cccc1CNC1CC1. The fraction of sp³-hybridized carbons (Fsp3) is 0.333. The van der Waals surface area contributed by atoms with E-state index in [1.54, 1.807) is 0 Å². The fourth-order valence-electron chi connectivity index (χ4n) is 2.32. The first kappa shape index (κ1) is 15.0. The third-order valence-corrected chi connectivity index (χ3v) is 5.49. The van der Waals surface area contributed by atoms with E-state index in [1.807, 2.05) is 23.9 Å². The molecule has 1 nitrogen and oxygen atoms in total. The standard InChI is InChI=1S/C18H20ClNS/c1-13-5-2-3-6-15(13)12-21-18-14(7-4-8-17(18)19)11-20-16-9-10-16/h2-8,16,20H,9-12H2,1H3. The Bertz CT molecular complexity index is 622. The Balaban J connectivity index is 1.72. The van der Waals surface area contributed by atoms with Crippen LogP contribution >= 0.6 is 23.4 Å². The summed E-state index contributed by atoms with van der Waals surface area (Å²) in [5, 5.41) is 4.44. The van der Waals surface area contributed by atoms with E-state index in [0.29, 0.717) is 0 Å². The van der Waals surface area contributed by atoms with Gasteiger partial charge >= 0.3 is 0 Å². The van der Waals surface area contributed by atoms with E-state index in [9.17, 15) is 0 Å². The van der Waals surface area contributed by atoms with Gasteiger partial charge in [-0.05, 0) is 42.5 Å². The van der Waals surface area contributed by atoms with Crippen molar-refractivity contribution < 1.29 is 0 Å². The Morgan fingerprint density at radius 1 is 1.10 bits per heavy atom. The van der Waals surface area contributed by atoms with Gasteiger partial charge in [0.15, 0.2) is 0 Å². The first-order chi connectivity index (χ1) is 10.2. The van der Waals surface area contributed by atoms with E-state index in [4.69, 9.17) is 11.6 Å². The number of halogens is 1. The fourth-order valence-corrected chi connectivity index (χ4v) is 3.83. The molecule has 2 aromatic rings. The van der Waals surface area contributed by atoms with Gasteiger partial charge in [-0.3, -0.25) is 0 Å². The van der Waals surface area contributed by atoms with Crippen molar-refractivity contribution in [3.8, 4) is 0 Å². The quantitative estimate of drug-likeness (QED) is 0.736. The van der Waals surface area contributed by atoms with Crippen LogP contribution in [0.15, 0.2) is 47.4 Å². The van der Waals surface area contributed by atoms with Crippen LogP contribution in [-0.2, 0) is 12.3 Å². The van der Waals surface area contributed by atoms with Gasteiger partial charge in [-0.25, -0.2) is 0 Å². The van der Waals surface area contributed by atoms with E-state index in [0.717, 1.165) is 23.4 Å². The molecule has 0 heterocycles. The first-order valence-electron chi connectivity index (χ1n) is 7.42. The number of aryl methyl sites for hydroxylation is 1. The van der Waals surface area contributed by atoms with Crippen LogP contribution in [0.2, 0.25) is 5.02 Å². The van der Waals surface area contributed by atoms with Gasteiger partial charge in [0, 0.05) is 23.2 Å². The zero-order chi connectivity index (χ0) is 14.7. The van der Waals surface area contributed by atoms with Crippen molar-refractivity contribution >= 4 is 23.4 Å². The van der Waals surface area contributed by atoms with Crippen LogP contribution in [0, 0.1) is 6.92 Å². The number of thioether (sulfide) groups is 1. The number of benzene rings is 2. The lowest BCUT2D eigenvalue weighted by Gasteiger charge is -2.12. The predicted octanol–water partition coefficient (Wildman–Crippen LogP) is 5.19. The zero-order valence-electron chi connectivity index (χ0n) is 12.2. The van der Waals surface area contributed by atoms with Crippen molar-refractivity contribution in [3.63, 3.8) is 0 Å². The second-order valence-electron chi connectivity index (χ2n) is 5.60. The molecule has 0 spiro atoms. The lowest BCUT2D eigenvalue weighted by molar-refractivity contribution is 0.680. The summed E-state index contributed by atoms with van der Waals surface area (Å²) in [4.78, 5) is 1.22. The van der Waals surface area contributed by atoms with Crippen molar-refractivity contribution in [1.82, 2.24) is 5.32 Å². The van der Waals surface area contributed by atoms with Crippen LogP contribution < -0.4 is 5.32 Å². The lowest BCUT2D eigenvalue weighted by atomic mass is 10.1. The average Bonchev–Trinajstić information content (AvgIpc) is 3.30. The van der Waals surface area contributed by atoms with Gasteiger partial charge in [0.05, 0.1) is 5.02 Å². The smallest absolute Gasteiger partial charge is 0.0545 e. The Morgan fingerprint density at radius 3 is 2.62 bits per heavy atom. The Morgan fingerprint density at radius 2 is 1.86 bits per heavy atom. The van der Waals surface area contributed by atoms with Crippen molar-refractivity contribution in [3.05, 3.63) is 64.2 Å². The summed E-state index contributed by atoms with van der Waals surface area (Å²) in [6, 6.07) is 15.5. The highest BCUT2D eigenvalue weighted by Gasteiger charge is 2.20. The Kier molecular flexibility index (Phi) is 4.89. The lowest BCUT2D eigenvalue weighted by Crippen LogP contribution is -2.15. The van der Waals surface area contributed by atoms with Crippen LogP contribution in [0.25, 0.3) is 0 Å². The number of rotatable bonds is 6. The van der Waals surface area contributed by atoms with Crippen molar-refractivity contribution in [2.75, 3.05) is 0 Å². The molecule has 2 aromatic carbocycles. The molecule has 0 radical (unpaired) electrons. The van der Waals surface area contributed by atoms with Crippen molar-refractivity contribution in [2.45, 2.75) is 43.0 Å². The van der Waals surface area contributed by atoms with Gasteiger partial charge in [0.2, 0.25) is 0 Å². The highest BCUT2D eigenvalue weighted by molar-refractivity contribution is 7.98. The van der Waals surface area contributed by atoms with Gasteiger partial charge in [-0.2, -0.15) is 0 Å². The van der Waals surface area contributed by atoms with E-state index < -0.39 is 0 Å². The highest BCUT2D eigenvalue weighted by atomic mass is 35.5. The second kappa shape index (κ2) is 6.87. The number of nitrogens with one attached hydrogen (secondary N) is 1. The highest BCUT2D eigenvalue weighted by Crippen LogP contribution is 2.34. The molecular formula is C18H20ClNS. The number of hydrogen-bond acceptors (Lipinski definition) is 2. The van der Waals surface area contributed by atoms with Crippen LogP contribution in [-0.4, -0.2) is 6.04 Å². The topological polar surface area (TPSA) is 12.0 Å². The van der Waals surface area contributed by atoms with Crippen LogP contribution in [0.5, 0.6) is 0 Å². The molecule has 0 amide bonds. The summed E-state index contributed by atoms with van der Waals surface area (Å²) in [6.45, 7) is 3.08. The minimum absolute atomic E-state index is 0.721. The van der Waals surface area contributed by atoms with Crippen LogP contribution in [0.4, 0.5) is 0 Å². The first-order valence-corrected chi connectivity index (χ1v) is 8.78. The minimum Gasteiger partial charge on any atom is -0.310 e. The number of hydrogen-bond donors (Lipinski definition) is 1. The molecule has 21 heavy (non-hydrogen) atoms. The van der Waals surface area contributed by atoms with Gasteiger partial charge in [-0.15, -0.1) is 11.8 Å². The molecule has 0 aromatic heterocycles. The summed E-state index contributed by atoms with van der Waals surface area (Å²) in [5.74, 6) is 0.965. The summed E-state index contributed by atoms with van der Waals surface area (Å²) in [5.41, 5.74) is 4.03. The van der Waals surface area contributed by atoms with Crippen LogP contribution in [0.1, 0.15) is 29.5 Å². The molecule has 0 atom stereocenters. The van der Waals surface area contributed by atoms with Gasteiger partial charge in [0.1, 0.15) is 0 Å². The third-order valence-electron chi connectivity index (χ3n) is 3.84. The zero-order valence-corrected chi connectivity index (χ0v) is 13.8. The van der Waals surface area contributed by atoms with Crippen molar-refractivity contribution in [1.29, 1.82) is 0 Å². The van der Waals surface area contributed by atoms with E-state index >= 15 is 0 Å². The monoisotopic (exact) mass is 317 g/mol. The van der Waals surface area contributed by atoms with E-state index in [1.165, 1.54) is 34.4 Å². The van der Waals surface area contributed by atoms with E-state index in [2.05, 4.69) is 42.6 Å². The molecular weight excluding hydrogens is 298 g/mol. The predicted molar refractivity (Wildman–Crippen MR) is 92.1 cm³/mol. The normalized spacial score (nSPS) is 14.4. The molecule has 1 N–H and O–H groups in total. The summed E-state index contributed by atoms with van der Waals surface area (Å²) in [7, 11) is 0. The summed E-state index contributed by atoms with van der Waals surface area (Å²) in [6.07, 6.45) is 2.62. The minimum atomic E-state index is 0.721. The van der Waals surface area contributed by atoms with Gasteiger partial charge < -0.3 is 5.32 Å². The Labute approximate surface area is 136 Å². The Hall–Kier alpha value is -0.960. The largest absolute Gasteiger partial charge is 0.310 e. The molecule has 3 rings (SSSR count). The maximum Gasteiger partial charge on any atom is 0.0545 e. The summed E-state index contributed by atoms with van der Waals surface area (Å²) >= 11 is 8.26. The van der Waals surface area contributed by atoms with Gasteiger partial charge in [0.25, 0.3) is 0 Å². The third kappa shape index (κ3) is 4.03. The average molecular weight is 318 g/mol. The molecule has 1 aliphatic carbocycles. The maximum absolute atomic E-state index is 6.42. The molecule has 0 bridgehead atoms. The molecule has 0 unspecified atom stereocenters. The van der Waals surface area contributed by atoms with Crippen LogP contribution in [0.3, 0.4) is 0 Å². The molecule has 0 aliphatic heterocycles. The van der Waals surface area contributed by atoms with Crippen molar-refractivity contribution in [2.24, 2.45) is 0 Å². The molecule has 1 saturated carbocycles. The molecule has 1 fully saturated rings. The second-order valence-corrected chi connectivity index (χ2v) is 6.99.